The number of likely N-dealkylation sites (N-methyl/N-ethyl adjacent to an activating group) is 1. The molecule has 8 heteroatoms. The average Bonchev–Trinajstić information content (AvgIpc) is 3.41. The Morgan fingerprint density at radius 1 is 1.04 bits per heavy atom. The minimum Gasteiger partial charge on any atom is -0.497 e. The van der Waals surface area contributed by atoms with Crippen LogP contribution in [0.1, 0.15) is 49.2 Å². The molecule has 2 heterocycles. The van der Waals surface area contributed by atoms with Crippen LogP contribution in [0.15, 0.2) is 18.2 Å². The van der Waals surface area contributed by atoms with E-state index in [1.165, 1.54) is 12.8 Å². The van der Waals surface area contributed by atoms with Gasteiger partial charge < -0.3 is 14.4 Å². The minimum absolute atomic E-state index is 0.0608. The van der Waals surface area contributed by atoms with Gasteiger partial charge in [-0.25, -0.2) is 4.68 Å². The van der Waals surface area contributed by atoms with E-state index in [2.05, 4.69) is 43.1 Å². The average molecular weight is 387 g/mol. The van der Waals surface area contributed by atoms with Crippen molar-refractivity contribution in [3.63, 3.8) is 0 Å². The third-order valence-electron chi connectivity index (χ3n) is 6.07. The maximum absolute atomic E-state index is 5.73. The molecule has 2 aromatic rings. The zero-order valence-corrected chi connectivity index (χ0v) is 17.0. The molecule has 1 aliphatic heterocycles. The van der Waals surface area contributed by atoms with Gasteiger partial charge in [0.1, 0.15) is 17.5 Å². The number of hydrogen-bond acceptors (Lipinski definition) is 7. The van der Waals surface area contributed by atoms with Crippen molar-refractivity contribution in [3.8, 4) is 11.5 Å². The maximum atomic E-state index is 5.73. The maximum Gasteiger partial charge on any atom is 0.173 e. The molecule has 4 rings (SSSR count). The van der Waals surface area contributed by atoms with Gasteiger partial charge in [-0.1, -0.05) is 12.8 Å². The van der Waals surface area contributed by atoms with Crippen LogP contribution < -0.4 is 9.47 Å². The first-order chi connectivity index (χ1) is 13.7. The van der Waals surface area contributed by atoms with Gasteiger partial charge in [-0.2, -0.15) is 0 Å². The number of aromatic nitrogens is 4. The van der Waals surface area contributed by atoms with E-state index >= 15 is 0 Å². The second-order valence-electron chi connectivity index (χ2n) is 7.77. The summed E-state index contributed by atoms with van der Waals surface area (Å²) < 4.78 is 13.3. The van der Waals surface area contributed by atoms with Crippen molar-refractivity contribution in [2.45, 2.75) is 37.8 Å². The fourth-order valence-corrected chi connectivity index (χ4v) is 4.42. The predicted octanol–water partition coefficient (Wildman–Crippen LogP) is 2.14. The van der Waals surface area contributed by atoms with Crippen LogP contribution in [-0.4, -0.2) is 77.5 Å². The van der Waals surface area contributed by atoms with E-state index in [9.17, 15) is 0 Å². The molecule has 8 nitrogen and oxygen atoms in total. The minimum atomic E-state index is -0.0608. The van der Waals surface area contributed by atoms with Crippen LogP contribution in [0.25, 0.3) is 0 Å². The van der Waals surface area contributed by atoms with Crippen LogP contribution in [0.3, 0.4) is 0 Å². The van der Waals surface area contributed by atoms with Crippen LogP contribution >= 0.6 is 0 Å². The molecule has 2 fully saturated rings. The van der Waals surface area contributed by atoms with Crippen molar-refractivity contribution in [3.05, 3.63) is 29.6 Å². The lowest BCUT2D eigenvalue weighted by atomic mass is 10.0. The van der Waals surface area contributed by atoms with E-state index in [0.29, 0.717) is 6.04 Å². The molecule has 1 saturated heterocycles. The van der Waals surface area contributed by atoms with Crippen LogP contribution in [0.5, 0.6) is 11.5 Å². The third-order valence-corrected chi connectivity index (χ3v) is 6.07. The Kier molecular flexibility index (Phi) is 5.77. The van der Waals surface area contributed by atoms with Gasteiger partial charge in [0.25, 0.3) is 0 Å². The molecular weight excluding hydrogens is 356 g/mol. The Morgan fingerprint density at radius 3 is 2.46 bits per heavy atom. The zero-order chi connectivity index (χ0) is 19.5. The van der Waals surface area contributed by atoms with Gasteiger partial charge >= 0.3 is 0 Å². The second-order valence-corrected chi connectivity index (χ2v) is 7.77. The fraction of sp³-hybridized carbons (Fsp3) is 0.650. The Balaban J connectivity index is 1.79. The lowest BCUT2D eigenvalue weighted by Crippen LogP contribution is -2.47. The molecule has 1 aromatic carbocycles. The van der Waals surface area contributed by atoms with Gasteiger partial charge in [0, 0.05) is 31.7 Å². The molecular formula is C20H30N6O2. The molecule has 1 aromatic heterocycles. The summed E-state index contributed by atoms with van der Waals surface area (Å²) in [6.45, 7) is 3.96. The largest absolute Gasteiger partial charge is 0.497 e. The molecule has 0 spiro atoms. The summed E-state index contributed by atoms with van der Waals surface area (Å²) in [7, 11) is 5.58. The van der Waals surface area contributed by atoms with Crippen LogP contribution in [0, 0.1) is 0 Å². The quantitative estimate of drug-likeness (QED) is 0.753. The topological polar surface area (TPSA) is 68.5 Å². The van der Waals surface area contributed by atoms with Crippen LogP contribution in [0.2, 0.25) is 0 Å². The van der Waals surface area contributed by atoms with Gasteiger partial charge in [-0.3, -0.25) is 4.90 Å². The first-order valence-corrected chi connectivity index (χ1v) is 10.1. The van der Waals surface area contributed by atoms with E-state index < -0.39 is 0 Å². The van der Waals surface area contributed by atoms with Crippen molar-refractivity contribution in [1.82, 2.24) is 30.0 Å². The van der Waals surface area contributed by atoms with E-state index in [1.807, 2.05) is 12.1 Å². The monoisotopic (exact) mass is 386 g/mol. The number of methoxy groups -OCH3 is 2. The van der Waals surface area contributed by atoms with Gasteiger partial charge in [0.05, 0.1) is 20.3 Å². The molecule has 1 atom stereocenters. The van der Waals surface area contributed by atoms with E-state index in [0.717, 1.165) is 61.9 Å². The number of hydrogen-bond donors (Lipinski definition) is 0. The highest BCUT2D eigenvalue weighted by atomic mass is 16.5. The Labute approximate surface area is 166 Å². The molecule has 1 aliphatic carbocycles. The van der Waals surface area contributed by atoms with Crippen LogP contribution in [-0.2, 0) is 0 Å². The van der Waals surface area contributed by atoms with Gasteiger partial charge in [-0.05, 0) is 48.5 Å². The zero-order valence-electron chi connectivity index (χ0n) is 17.0. The Morgan fingerprint density at radius 2 is 1.79 bits per heavy atom. The smallest absolute Gasteiger partial charge is 0.173 e. The van der Waals surface area contributed by atoms with Crippen molar-refractivity contribution < 1.29 is 9.47 Å². The lowest BCUT2D eigenvalue weighted by molar-refractivity contribution is 0.119. The molecule has 2 aliphatic rings. The van der Waals surface area contributed by atoms with Crippen molar-refractivity contribution in [2.75, 3.05) is 47.4 Å². The number of nitrogens with zero attached hydrogens (tertiary/aromatic N) is 6. The number of piperazine rings is 1. The molecule has 1 unspecified atom stereocenters. The summed E-state index contributed by atoms with van der Waals surface area (Å²) in [6, 6.07) is 6.30. The summed E-state index contributed by atoms with van der Waals surface area (Å²) in [5, 5.41) is 13.0. The summed E-state index contributed by atoms with van der Waals surface area (Å²) >= 11 is 0. The highest BCUT2D eigenvalue weighted by Crippen LogP contribution is 2.39. The first kappa shape index (κ1) is 19.1. The van der Waals surface area contributed by atoms with Crippen molar-refractivity contribution >= 4 is 0 Å². The van der Waals surface area contributed by atoms with E-state index in [-0.39, 0.29) is 6.04 Å². The summed E-state index contributed by atoms with van der Waals surface area (Å²) in [4.78, 5) is 4.82. The third kappa shape index (κ3) is 3.71. The predicted molar refractivity (Wildman–Crippen MR) is 106 cm³/mol. The fourth-order valence-electron chi connectivity index (χ4n) is 4.42. The molecule has 152 valence electrons. The first-order valence-electron chi connectivity index (χ1n) is 10.1. The highest BCUT2D eigenvalue weighted by molar-refractivity contribution is 5.44. The van der Waals surface area contributed by atoms with Crippen molar-refractivity contribution in [2.24, 2.45) is 0 Å². The summed E-state index contributed by atoms with van der Waals surface area (Å²) in [5.41, 5.74) is 1.06. The van der Waals surface area contributed by atoms with E-state index in [1.54, 1.807) is 14.2 Å². The van der Waals surface area contributed by atoms with Crippen LogP contribution in [0.4, 0.5) is 0 Å². The van der Waals surface area contributed by atoms with Gasteiger partial charge in [0.15, 0.2) is 5.82 Å². The number of ether oxygens (including phenoxy) is 2. The number of benzene rings is 1. The molecule has 0 radical (unpaired) electrons. The summed E-state index contributed by atoms with van der Waals surface area (Å²) in [6.07, 6.45) is 4.77. The summed E-state index contributed by atoms with van der Waals surface area (Å²) in [5.74, 6) is 2.56. The Hall–Kier alpha value is -2.19. The van der Waals surface area contributed by atoms with Gasteiger partial charge in [0.2, 0.25) is 0 Å². The second kappa shape index (κ2) is 8.45. The molecule has 28 heavy (non-hydrogen) atoms. The standard InChI is InChI=1S/C20H30N6O2/c1-24-10-12-25(13-11-24)19(17-14-16(27-2)8-9-18(17)28-3)20-21-22-23-26(20)15-6-4-5-7-15/h8-9,14-15,19H,4-7,10-13H2,1-3H3. The highest BCUT2D eigenvalue weighted by Gasteiger charge is 2.34. The number of tetrazole rings is 1. The number of rotatable bonds is 6. The molecule has 0 bridgehead atoms. The molecule has 1 saturated carbocycles. The van der Waals surface area contributed by atoms with Crippen molar-refractivity contribution in [1.29, 1.82) is 0 Å². The Bertz CT molecular complexity index is 781. The molecule has 0 N–H and O–H groups in total. The van der Waals surface area contributed by atoms with Gasteiger partial charge in [-0.15, -0.1) is 5.10 Å². The molecule has 0 amide bonds. The lowest BCUT2D eigenvalue weighted by Gasteiger charge is -2.38. The SMILES string of the molecule is COc1ccc(OC)c(C(c2nnnn2C2CCCC2)N2CCN(C)CC2)c1. The normalized spacial score (nSPS) is 20.4. The van der Waals surface area contributed by atoms with E-state index in [4.69, 9.17) is 9.47 Å².